The maximum atomic E-state index is 2.47. The summed E-state index contributed by atoms with van der Waals surface area (Å²) in [6, 6.07) is 0. The molecule has 0 radical (unpaired) electrons. The quantitative estimate of drug-likeness (QED) is 0.463. The first-order valence-corrected chi connectivity index (χ1v) is 4.87. The molecule has 0 nitrogen and oxygen atoms in total. The lowest BCUT2D eigenvalue weighted by molar-refractivity contribution is 0.123. The Kier molecular flexibility index (Phi) is 0.821. The minimum atomic E-state index is 0.607. The molecule has 2 bridgehead atoms. The Morgan fingerprint density at radius 1 is 1.09 bits per heavy atom. The molecular weight excluding hydrogens is 132 g/mol. The van der Waals surface area contributed by atoms with Gasteiger partial charge < -0.3 is 0 Å². The predicted octanol–water partition coefficient (Wildman–Crippen LogP) is 3.00. The lowest BCUT2D eigenvalue weighted by atomic mass is 9.65. The Labute approximate surface area is 68.7 Å². The molecule has 0 amide bonds. The van der Waals surface area contributed by atoms with Gasteiger partial charge in [-0.1, -0.05) is 26.0 Å². The molecule has 2 saturated carbocycles. The summed E-state index contributed by atoms with van der Waals surface area (Å²) in [5.74, 6) is 2.06. The first kappa shape index (κ1) is 6.28. The van der Waals surface area contributed by atoms with E-state index in [9.17, 15) is 0 Å². The van der Waals surface area contributed by atoms with Crippen LogP contribution in [0.25, 0.3) is 0 Å². The van der Waals surface area contributed by atoms with Crippen molar-refractivity contribution in [1.82, 2.24) is 0 Å². The molecule has 3 aliphatic carbocycles. The topological polar surface area (TPSA) is 0 Å². The molecule has 0 heteroatoms. The molecule has 0 aromatic rings. The first-order chi connectivity index (χ1) is 5.17. The van der Waals surface area contributed by atoms with Gasteiger partial charge in [-0.15, -0.1) is 0 Å². The summed E-state index contributed by atoms with van der Waals surface area (Å²) in [5, 5.41) is 0. The van der Waals surface area contributed by atoms with Crippen LogP contribution in [0.15, 0.2) is 12.2 Å². The molecule has 2 atom stereocenters. The lowest BCUT2D eigenvalue weighted by Gasteiger charge is -2.39. The summed E-state index contributed by atoms with van der Waals surface area (Å²) in [6.45, 7) is 4.94. The monoisotopic (exact) mass is 148 g/mol. The van der Waals surface area contributed by atoms with Crippen LogP contribution < -0.4 is 0 Å². The zero-order chi connectivity index (χ0) is 7.69. The maximum Gasteiger partial charge on any atom is 0.0144 e. The number of hydrogen-bond donors (Lipinski definition) is 0. The van der Waals surface area contributed by atoms with Crippen molar-refractivity contribution in [2.75, 3.05) is 0 Å². The van der Waals surface area contributed by atoms with E-state index in [0.717, 1.165) is 11.8 Å². The van der Waals surface area contributed by atoms with Gasteiger partial charge in [-0.25, -0.2) is 0 Å². The van der Waals surface area contributed by atoms with Crippen molar-refractivity contribution in [3.63, 3.8) is 0 Å². The Hall–Kier alpha value is -0.260. The summed E-state index contributed by atoms with van der Waals surface area (Å²) in [6.07, 6.45) is 9.45. The number of rotatable bonds is 0. The van der Waals surface area contributed by atoms with Crippen LogP contribution in [-0.2, 0) is 0 Å². The molecule has 3 rings (SSSR count). The van der Waals surface area contributed by atoms with Crippen molar-refractivity contribution in [2.24, 2.45) is 22.7 Å². The zero-order valence-corrected chi connectivity index (χ0v) is 7.43. The van der Waals surface area contributed by atoms with E-state index in [-0.39, 0.29) is 0 Å². The average molecular weight is 148 g/mol. The molecule has 0 aliphatic heterocycles. The molecule has 0 saturated heterocycles. The molecule has 0 heterocycles. The van der Waals surface area contributed by atoms with Gasteiger partial charge in [0.05, 0.1) is 0 Å². The second-order valence-electron chi connectivity index (χ2n) is 5.19. The van der Waals surface area contributed by atoms with Crippen molar-refractivity contribution in [2.45, 2.75) is 33.1 Å². The van der Waals surface area contributed by atoms with Gasteiger partial charge in [0.2, 0.25) is 0 Å². The van der Waals surface area contributed by atoms with E-state index in [1.54, 1.807) is 0 Å². The first-order valence-electron chi connectivity index (χ1n) is 4.87. The minimum absolute atomic E-state index is 0.607. The molecule has 0 aromatic heterocycles. The minimum Gasteiger partial charge on any atom is -0.0768 e. The van der Waals surface area contributed by atoms with Crippen LogP contribution in [-0.4, -0.2) is 0 Å². The normalized spacial score (nSPS) is 47.1. The highest BCUT2D eigenvalue weighted by molar-refractivity contribution is 5.37. The summed E-state index contributed by atoms with van der Waals surface area (Å²) >= 11 is 0. The van der Waals surface area contributed by atoms with Gasteiger partial charge in [-0.05, 0) is 36.5 Å². The second-order valence-corrected chi connectivity index (χ2v) is 5.19. The van der Waals surface area contributed by atoms with E-state index in [0.29, 0.717) is 10.8 Å². The molecule has 60 valence electrons. The van der Waals surface area contributed by atoms with Gasteiger partial charge in [-0.2, -0.15) is 0 Å². The molecule has 3 aliphatic rings. The highest BCUT2D eigenvalue weighted by Gasteiger charge is 2.64. The van der Waals surface area contributed by atoms with Crippen LogP contribution in [0.2, 0.25) is 0 Å². The maximum absolute atomic E-state index is 2.47. The Morgan fingerprint density at radius 2 is 1.73 bits per heavy atom. The highest BCUT2D eigenvalue weighted by Crippen LogP contribution is 2.72. The molecule has 2 fully saturated rings. The van der Waals surface area contributed by atoms with E-state index in [1.165, 1.54) is 19.3 Å². The van der Waals surface area contributed by atoms with Gasteiger partial charge in [0.1, 0.15) is 0 Å². The van der Waals surface area contributed by atoms with Crippen molar-refractivity contribution < 1.29 is 0 Å². The second kappa shape index (κ2) is 1.44. The fraction of sp³-hybridized carbons (Fsp3) is 0.818. The summed E-state index contributed by atoms with van der Waals surface area (Å²) in [5.41, 5.74) is 1.21. The van der Waals surface area contributed by atoms with Crippen LogP contribution >= 0.6 is 0 Å². The van der Waals surface area contributed by atoms with Gasteiger partial charge >= 0.3 is 0 Å². The van der Waals surface area contributed by atoms with Crippen molar-refractivity contribution >= 4 is 0 Å². The van der Waals surface area contributed by atoms with Crippen molar-refractivity contribution in [1.29, 1.82) is 0 Å². The van der Waals surface area contributed by atoms with Crippen molar-refractivity contribution in [3.8, 4) is 0 Å². The Bertz CT molecular complexity index is 218. The third kappa shape index (κ3) is 0.483. The highest BCUT2D eigenvalue weighted by atomic mass is 14.7. The molecular formula is C11H16. The van der Waals surface area contributed by atoms with Crippen LogP contribution in [0.5, 0.6) is 0 Å². The summed E-state index contributed by atoms with van der Waals surface area (Å²) < 4.78 is 0. The molecule has 0 N–H and O–H groups in total. The van der Waals surface area contributed by atoms with Gasteiger partial charge in [0, 0.05) is 5.41 Å². The fourth-order valence-corrected chi connectivity index (χ4v) is 3.74. The van der Waals surface area contributed by atoms with Crippen molar-refractivity contribution in [3.05, 3.63) is 12.2 Å². The third-order valence-electron chi connectivity index (χ3n) is 4.77. The SMILES string of the molecule is CC1(C)C2CCC(C2)C12C=C2. The standard InChI is InChI=1S/C11H16/c1-10(2)8-3-4-9(7-8)11(10)5-6-11/h5-6,8-9H,3-4,7H2,1-2H3. The van der Waals surface area contributed by atoms with Gasteiger partial charge in [-0.3, -0.25) is 0 Å². The van der Waals surface area contributed by atoms with E-state index >= 15 is 0 Å². The van der Waals surface area contributed by atoms with E-state index < -0.39 is 0 Å². The van der Waals surface area contributed by atoms with E-state index in [4.69, 9.17) is 0 Å². The van der Waals surface area contributed by atoms with E-state index in [2.05, 4.69) is 26.0 Å². The molecule has 0 aromatic carbocycles. The Balaban J connectivity index is 2.06. The van der Waals surface area contributed by atoms with Crippen LogP contribution in [0, 0.1) is 22.7 Å². The number of allylic oxidation sites excluding steroid dienone is 2. The van der Waals surface area contributed by atoms with Crippen LogP contribution in [0.4, 0.5) is 0 Å². The predicted molar refractivity (Wildman–Crippen MR) is 46.2 cm³/mol. The smallest absolute Gasteiger partial charge is 0.0144 e. The largest absolute Gasteiger partial charge is 0.0768 e. The van der Waals surface area contributed by atoms with Crippen LogP contribution in [0.3, 0.4) is 0 Å². The van der Waals surface area contributed by atoms with Gasteiger partial charge in [0.15, 0.2) is 0 Å². The molecule has 11 heavy (non-hydrogen) atoms. The zero-order valence-electron chi connectivity index (χ0n) is 7.43. The molecule has 1 spiro atoms. The third-order valence-corrected chi connectivity index (χ3v) is 4.77. The number of fused-ring (bicyclic) bond motifs is 3. The van der Waals surface area contributed by atoms with Crippen LogP contribution in [0.1, 0.15) is 33.1 Å². The lowest BCUT2D eigenvalue weighted by Crippen LogP contribution is -2.33. The average Bonchev–Trinajstić information content (AvgIpc) is 2.55. The van der Waals surface area contributed by atoms with E-state index in [1.807, 2.05) is 0 Å². The summed E-state index contributed by atoms with van der Waals surface area (Å²) in [7, 11) is 0. The fourth-order valence-electron chi connectivity index (χ4n) is 3.74. The molecule has 2 unspecified atom stereocenters. The Morgan fingerprint density at radius 3 is 2.09 bits per heavy atom. The number of hydrogen-bond acceptors (Lipinski definition) is 0. The van der Waals surface area contributed by atoms with Gasteiger partial charge in [0.25, 0.3) is 0 Å². The summed E-state index contributed by atoms with van der Waals surface area (Å²) in [4.78, 5) is 0.